The van der Waals surface area contributed by atoms with Crippen LogP contribution >= 0.6 is 0 Å². The molecule has 126 valence electrons. The second-order valence-corrected chi connectivity index (χ2v) is 6.19. The molecule has 0 aliphatic heterocycles. The standard InChI is InChI=1S/C19H20FNO3/c1-3-8-24-19(23)18-11(2)17-15(21-18)9-13(10-16(17)22)12-4-6-14(20)7-5-12/h4-7,13,21H,3,8-10H2,1-2H3/t13-/m0/s1. The Balaban J connectivity index is 1.89. The van der Waals surface area contributed by atoms with Gasteiger partial charge in [-0.2, -0.15) is 0 Å². The van der Waals surface area contributed by atoms with E-state index < -0.39 is 5.97 Å². The first-order valence-electron chi connectivity index (χ1n) is 8.18. The van der Waals surface area contributed by atoms with Crippen molar-refractivity contribution < 1.29 is 18.7 Å². The van der Waals surface area contributed by atoms with Gasteiger partial charge in [0.15, 0.2) is 5.78 Å². The van der Waals surface area contributed by atoms with Crippen molar-refractivity contribution in [3.05, 3.63) is 58.2 Å². The van der Waals surface area contributed by atoms with E-state index in [0.717, 1.165) is 17.7 Å². The molecular weight excluding hydrogens is 309 g/mol. The minimum Gasteiger partial charge on any atom is -0.461 e. The van der Waals surface area contributed by atoms with E-state index in [2.05, 4.69) is 4.98 Å². The number of aromatic amines is 1. The number of fused-ring (bicyclic) bond motifs is 1. The van der Waals surface area contributed by atoms with Gasteiger partial charge in [-0.1, -0.05) is 19.1 Å². The van der Waals surface area contributed by atoms with Crippen LogP contribution in [0.1, 0.15) is 63.4 Å². The molecule has 2 aromatic rings. The van der Waals surface area contributed by atoms with Crippen LogP contribution in [0.2, 0.25) is 0 Å². The van der Waals surface area contributed by atoms with E-state index in [-0.39, 0.29) is 17.5 Å². The molecular formula is C19H20FNO3. The molecule has 0 unspecified atom stereocenters. The summed E-state index contributed by atoms with van der Waals surface area (Å²) in [5.41, 5.74) is 3.33. The molecule has 1 aromatic heterocycles. The number of carbonyl (C=O) groups excluding carboxylic acids is 2. The number of nitrogens with one attached hydrogen (secondary N) is 1. The Labute approximate surface area is 140 Å². The summed E-state index contributed by atoms with van der Waals surface area (Å²) in [5, 5.41) is 0. The highest BCUT2D eigenvalue weighted by Crippen LogP contribution is 2.35. The fraction of sp³-hybridized carbons (Fsp3) is 0.368. The molecule has 1 heterocycles. The maximum atomic E-state index is 13.1. The summed E-state index contributed by atoms with van der Waals surface area (Å²) in [6, 6.07) is 6.24. The van der Waals surface area contributed by atoms with Gasteiger partial charge >= 0.3 is 5.97 Å². The molecule has 0 saturated carbocycles. The Bertz CT molecular complexity index is 777. The van der Waals surface area contributed by atoms with Crippen LogP contribution in [-0.4, -0.2) is 23.3 Å². The van der Waals surface area contributed by atoms with Gasteiger partial charge in [-0.3, -0.25) is 4.79 Å². The monoisotopic (exact) mass is 329 g/mol. The molecule has 5 heteroatoms. The van der Waals surface area contributed by atoms with Crippen molar-refractivity contribution in [1.29, 1.82) is 0 Å². The molecule has 3 rings (SSSR count). The Morgan fingerprint density at radius 1 is 1.29 bits per heavy atom. The number of aromatic nitrogens is 1. The molecule has 1 atom stereocenters. The lowest BCUT2D eigenvalue weighted by atomic mass is 9.81. The average molecular weight is 329 g/mol. The van der Waals surface area contributed by atoms with Crippen molar-refractivity contribution in [2.75, 3.05) is 6.61 Å². The van der Waals surface area contributed by atoms with Gasteiger partial charge in [0.05, 0.1) is 6.61 Å². The number of Topliss-reactive ketones (excluding diaryl/α,β-unsaturated/α-hetero) is 1. The lowest BCUT2D eigenvalue weighted by molar-refractivity contribution is 0.0498. The van der Waals surface area contributed by atoms with Gasteiger partial charge in [0.25, 0.3) is 0 Å². The van der Waals surface area contributed by atoms with Crippen molar-refractivity contribution in [3.63, 3.8) is 0 Å². The van der Waals surface area contributed by atoms with Gasteiger partial charge in [0, 0.05) is 17.7 Å². The van der Waals surface area contributed by atoms with Crippen molar-refractivity contribution in [2.24, 2.45) is 0 Å². The van der Waals surface area contributed by atoms with Crippen LogP contribution in [0.5, 0.6) is 0 Å². The molecule has 1 N–H and O–H groups in total. The quantitative estimate of drug-likeness (QED) is 0.864. The smallest absolute Gasteiger partial charge is 0.355 e. The van der Waals surface area contributed by atoms with E-state index in [4.69, 9.17) is 4.74 Å². The van der Waals surface area contributed by atoms with E-state index in [1.807, 2.05) is 6.92 Å². The molecule has 1 aliphatic rings. The van der Waals surface area contributed by atoms with Crippen molar-refractivity contribution in [1.82, 2.24) is 4.98 Å². The van der Waals surface area contributed by atoms with Gasteiger partial charge in [-0.15, -0.1) is 0 Å². The normalized spacial score (nSPS) is 16.8. The highest BCUT2D eigenvalue weighted by molar-refractivity contribution is 6.03. The topological polar surface area (TPSA) is 59.2 Å². The van der Waals surface area contributed by atoms with E-state index >= 15 is 0 Å². The summed E-state index contributed by atoms with van der Waals surface area (Å²) in [7, 11) is 0. The van der Waals surface area contributed by atoms with Gasteiger partial charge < -0.3 is 9.72 Å². The summed E-state index contributed by atoms with van der Waals surface area (Å²) in [6.07, 6.45) is 1.73. The Hall–Kier alpha value is -2.43. The number of hydrogen-bond acceptors (Lipinski definition) is 3. The highest BCUT2D eigenvalue weighted by Gasteiger charge is 2.32. The second kappa shape index (κ2) is 6.59. The summed E-state index contributed by atoms with van der Waals surface area (Å²) in [5.74, 6) is -0.717. The molecule has 4 nitrogen and oxygen atoms in total. The van der Waals surface area contributed by atoms with Crippen LogP contribution < -0.4 is 0 Å². The first-order chi connectivity index (χ1) is 11.5. The summed E-state index contributed by atoms with van der Waals surface area (Å²) in [6.45, 7) is 4.05. The fourth-order valence-electron chi connectivity index (χ4n) is 3.28. The Morgan fingerprint density at radius 3 is 2.67 bits per heavy atom. The number of halogens is 1. The van der Waals surface area contributed by atoms with Crippen molar-refractivity contribution in [2.45, 2.75) is 39.0 Å². The Kier molecular flexibility index (Phi) is 4.51. The van der Waals surface area contributed by atoms with Crippen LogP contribution in [-0.2, 0) is 11.2 Å². The van der Waals surface area contributed by atoms with Gasteiger partial charge in [0.2, 0.25) is 0 Å². The number of carbonyl (C=O) groups is 2. The molecule has 0 radical (unpaired) electrons. The van der Waals surface area contributed by atoms with Crippen LogP contribution in [0.3, 0.4) is 0 Å². The number of rotatable bonds is 4. The number of H-pyrrole nitrogens is 1. The SMILES string of the molecule is CCCOC(=O)c1[nH]c2c(c1C)C(=O)C[C@@H](c1ccc(F)cc1)C2. The first kappa shape index (κ1) is 16.4. The van der Waals surface area contributed by atoms with E-state index in [1.54, 1.807) is 19.1 Å². The zero-order chi connectivity index (χ0) is 17.3. The maximum absolute atomic E-state index is 13.1. The number of hydrogen-bond donors (Lipinski definition) is 1. The molecule has 1 aliphatic carbocycles. The average Bonchev–Trinajstić information content (AvgIpc) is 2.90. The number of benzene rings is 1. The largest absolute Gasteiger partial charge is 0.461 e. The molecule has 0 saturated heterocycles. The van der Waals surface area contributed by atoms with Gasteiger partial charge in [-0.05, 0) is 48.9 Å². The zero-order valence-electron chi connectivity index (χ0n) is 13.8. The lowest BCUT2D eigenvalue weighted by Crippen LogP contribution is -2.18. The van der Waals surface area contributed by atoms with Gasteiger partial charge in [-0.25, -0.2) is 9.18 Å². The molecule has 24 heavy (non-hydrogen) atoms. The number of esters is 1. The molecule has 0 fully saturated rings. The van der Waals surface area contributed by atoms with E-state index in [1.165, 1.54) is 12.1 Å². The summed E-state index contributed by atoms with van der Waals surface area (Å²) in [4.78, 5) is 27.8. The van der Waals surface area contributed by atoms with Crippen LogP contribution in [0.4, 0.5) is 4.39 Å². The third kappa shape index (κ3) is 2.98. The molecule has 0 spiro atoms. The molecule has 0 bridgehead atoms. The Morgan fingerprint density at radius 2 is 2.00 bits per heavy atom. The third-order valence-corrected chi connectivity index (χ3v) is 4.47. The third-order valence-electron chi connectivity index (χ3n) is 4.47. The van der Waals surface area contributed by atoms with Gasteiger partial charge in [0.1, 0.15) is 11.5 Å². The van der Waals surface area contributed by atoms with Crippen LogP contribution in [0, 0.1) is 12.7 Å². The van der Waals surface area contributed by atoms with Crippen LogP contribution in [0.25, 0.3) is 0 Å². The van der Waals surface area contributed by atoms with E-state index in [9.17, 15) is 14.0 Å². The van der Waals surface area contributed by atoms with Crippen molar-refractivity contribution in [3.8, 4) is 0 Å². The molecule has 1 aromatic carbocycles. The van der Waals surface area contributed by atoms with Crippen LogP contribution in [0.15, 0.2) is 24.3 Å². The predicted octanol–water partition coefficient (Wildman–Crippen LogP) is 3.94. The minimum atomic E-state index is -0.421. The lowest BCUT2D eigenvalue weighted by Gasteiger charge is -2.22. The van der Waals surface area contributed by atoms with E-state index in [0.29, 0.717) is 36.3 Å². The second-order valence-electron chi connectivity index (χ2n) is 6.19. The maximum Gasteiger partial charge on any atom is 0.355 e. The summed E-state index contributed by atoms with van der Waals surface area (Å²) >= 11 is 0. The first-order valence-corrected chi connectivity index (χ1v) is 8.18. The summed E-state index contributed by atoms with van der Waals surface area (Å²) < 4.78 is 18.3. The highest BCUT2D eigenvalue weighted by atomic mass is 19.1. The fourth-order valence-corrected chi connectivity index (χ4v) is 3.28. The van der Waals surface area contributed by atoms with Crippen molar-refractivity contribution >= 4 is 11.8 Å². The number of ketones is 1. The predicted molar refractivity (Wildman–Crippen MR) is 87.9 cm³/mol. The minimum absolute atomic E-state index is 0.00821. The number of ether oxygens (including phenoxy) is 1. The molecule has 0 amide bonds. The zero-order valence-corrected chi connectivity index (χ0v) is 13.8.